The van der Waals surface area contributed by atoms with Gasteiger partial charge in [0.05, 0.1) is 9.37 Å². The zero-order valence-corrected chi connectivity index (χ0v) is 20.3. The highest BCUT2D eigenvalue weighted by atomic mass is 79.9. The molecule has 1 fully saturated rings. The lowest BCUT2D eigenvalue weighted by Gasteiger charge is -2.11. The lowest BCUT2D eigenvalue weighted by atomic mass is 10.2. The second-order valence-electron chi connectivity index (χ2n) is 7.25. The van der Waals surface area contributed by atoms with Gasteiger partial charge in [-0.15, -0.1) is 3.77 Å². The van der Waals surface area contributed by atoms with E-state index in [2.05, 4.69) is 40.3 Å². The molecule has 7 nitrogen and oxygen atoms in total. The molecule has 1 atom stereocenters. The third kappa shape index (κ3) is 5.50. The van der Waals surface area contributed by atoms with E-state index in [0.717, 1.165) is 33.7 Å². The molecular formula is C21H22BrN5O2S2. The van der Waals surface area contributed by atoms with Gasteiger partial charge in [0.1, 0.15) is 5.82 Å². The maximum absolute atomic E-state index is 12.8. The van der Waals surface area contributed by atoms with Crippen LogP contribution in [0.15, 0.2) is 72.8 Å². The van der Waals surface area contributed by atoms with Crippen molar-refractivity contribution in [2.75, 3.05) is 16.9 Å². The van der Waals surface area contributed by atoms with Gasteiger partial charge in [-0.05, 0) is 71.8 Å². The molecule has 1 heterocycles. The second-order valence-corrected chi connectivity index (χ2v) is 11.5. The van der Waals surface area contributed by atoms with Gasteiger partial charge in [-0.2, -0.15) is 13.4 Å². The topological polar surface area (TPSA) is 96.3 Å². The maximum Gasteiger partial charge on any atom is 0.288 e. The second kappa shape index (κ2) is 9.05. The highest BCUT2D eigenvalue weighted by molar-refractivity contribution is 9.10. The number of sulfonamides is 1. The first-order valence-electron chi connectivity index (χ1n) is 9.68. The van der Waals surface area contributed by atoms with Crippen LogP contribution in [0.1, 0.15) is 18.4 Å². The average molecular weight is 520 g/mol. The number of rotatable bonds is 7. The van der Waals surface area contributed by atoms with Gasteiger partial charge in [0.2, 0.25) is 5.95 Å². The molecule has 2 aromatic carbocycles. The van der Waals surface area contributed by atoms with E-state index >= 15 is 0 Å². The molecule has 0 saturated heterocycles. The molecule has 2 N–H and O–H groups in total. The van der Waals surface area contributed by atoms with Gasteiger partial charge in [-0.25, -0.2) is 4.98 Å². The molecule has 10 heteroatoms. The van der Waals surface area contributed by atoms with Crippen LogP contribution in [0.4, 0.5) is 17.5 Å². The van der Waals surface area contributed by atoms with Crippen molar-refractivity contribution in [1.82, 2.24) is 9.97 Å². The summed E-state index contributed by atoms with van der Waals surface area (Å²) in [5.41, 5.74) is 1.45. The number of aryl methyl sites for hydroxylation is 1. The quantitative estimate of drug-likeness (QED) is 0.453. The van der Waals surface area contributed by atoms with E-state index in [0.29, 0.717) is 17.6 Å². The van der Waals surface area contributed by atoms with Crippen molar-refractivity contribution >= 4 is 54.1 Å². The van der Waals surface area contributed by atoms with Crippen molar-refractivity contribution in [3.63, 3.8) is 0 Å². The van der Waals surface area contributed by atoms with E-state index < -0.39 is 20.7 Å². The summed E-state index contributed by atoms with van der Waals surface area (Å²) >= 11 is 3.47. The molecule has 3 aromatic rings. The van der Waals surface area contributed by atoms with Gasteiger partial charge in [-0.3, -0.25) is 0 Å². The number of nitrogens with zero attached hydrogens (tertiary/aromatic N) is 3. The molecule has 31 heavy (non-hydrogen) atoms. The first kappa shape index (κ1) is 21.9. The Morgan fingerprint density at radius 3 is 2.68 bits per heavy atom. The van der Waals surface area contributed by atoms with E-state index in [4.69, 9.17) is 0 Å². The molecular weight excluding hydrogens is 498 g/mol. The number of nitrogens with one attached hydrogen (secondary N) is 2. The molecule has 0 bridgehead atoms. The van der Waals surface area contributed by atoms with Gasteiger partial charge in [0.25, 0.3) is 10.0 Å². The Morgan fingerprint density at radius 2 is 1.94 bits per heavy atom. The van der Waals surface area contributed by atoms with Crippen molar-refractivity contribution in [2.24, 2.45) is 3.77 Å². The van der Waals surface area contributed by atoms with E-state index in [1.165, 1.54) is 0 Å². The average Bonchev–Trinajstić information content (AvgIpc) is 3.55. The number of halogens is 1. The molecule has 4 rings (SSSR count). The summed E-state index contributed by atoms with van der Waals surface area (Å²) in [5, 5.41) is 6.56. The Bertz CT molecular complexity index is 1260. The first-order valence-corrected chi connectivity index (χ1v) is 13.5. The van der Waals surface area contributed by atoms with Crippen molar-refractivity contribution < 1.29 is 8.42 Å². The first-order chi connectivity index (χ1) is 14.8. The fourth-order valence-corrected chi connectivity index (χ4v) is 6.36. The highest BCUT2D eigenvalue weighted by Gasteiger charge is 2.22. The highest BCUT2D eigenvalue weighted by Crippen LogP contribution is 2.29. The van der Waals surface area contributed by atoms with E-state index in [1.54, 1.807) is 37.6 Å². The number of hydrogen-bond acceptors (Lipinski definition) is 6. The van der Waals surface area contributed by atoms with E-state index in [9.17, 15) is 8.42 Å². The minimum absolute atomic E-state index is 0.239. The SMILES string of the molecule is Cc1ccccc1S(=O)(=O)N=S(C)c1cccc(Nc2ncc(Br)c(NC3CC3)n2)c1. The third-order valence-electron chi connectivity index (χ3n) is 4.68. The molecule has 1 aliphatic rings. The number of benzene rings is 2. The van der Waals surface area contributed by atoms with Crippen molar-refractivity contribution in [3.05, 3.63) is 64.8 Å². The van der Waals surface area contributed by atoms with Crippen LogP contribution in [0.2, 0.25) is 0 Å². The minimum atomic E-state index is -3.75. The minimum Gasteiger partial charge on any atom is -0.366 e. The van der Waals surface area contributed by atoms with Crippen LogP contribution in [0.5, 0.6) is 0 Å². The Balaban J connectivity index is 1.57. The summed E-state index contributed by atoms with van der Waals surface area (Å²) < 4.78 is 30.5. The predicted molar refractivity (Wildman–Crippen MR) is 128 cm³/mol. The Labute approximate surface area is 193 Å². The normalized spacial score (nSPS) is 14.9. The van der Waals surface area contributed by atoms with Gasteiger partial charge in [0, 0.05) is 22.8 Å². The molecule has 0 spiro atoms. The van der Waals surface area contributed by atoms with Crippen LogP contribution in [0.3, 0.4) is 0 Å². The maximum atomic E-state index is 12.8. The van der Waals surface area contributed by atoms with Crippen molar-refractivity contribution in [1.29, 1.82) is 0 Å². The molecule has 0 amide bonds. The zero-order valence-electron chi connectivity index (χ0n) is 17.0. The number of hydrogen-bond donors (Lipinski definition) is 2. The zero-order chi connectivity index (χ0) is 22.0. The largest absolute Gasteiger partial charge is 0.366 e. The standard InChI is InChI=1S/C21H22BrN5O2S2/c1-14-6-3-4-9-19(14)31(28,29)27-30(2)17-8-5-7-16(12-17)25-21-23-13-18(22)20(26-21)24-15-10-11-15/h3-9,12-13,15H,10-11H2,1-2H3,(H2,23,24,25,26). The smallest absolute Gasteiger partial charge is 0.288 e. The summed E-state index contributed by atoms with van der Waals surface area (Å²) in [5.74, 6) is 1.22. The molecule has 1 saturated carbocycles. The van der Waals surface area contributed by atoms with Crippen LogP contribution in [0.25, 0.3) is 0 Å². The lowest BCUT2D eigenvalue weighted by molar-refractivity contribution is 0.598. The summed E-state index contributed by atoms with van der Waals surface area (Å²) in [7, 11) is -4.60. The lowest BCUT2D eigenvalue weighted by Crippen LogP contribution is -2.06. The third-order valence-corrected chi connectivity index (χ3v) is 8.88. The Morgan fingerprint density at radius 1 is 1.16 bits per heavy atom. The van der Waals surface area contributed by atoms with Crippen LogP contribution < -0.4 is 10.6 Å². The van der Waals surface area contributed by atoms with Crippen molar-refractivity contribution in [3.8, 4) is 0 Å². The van der Waals surface area contributed by atoms with Gasteiger partial charge in [-0.1, -0.05) is 35.0 Å². The van der Waals surface area contributed by atoms with Gasteiger partial charge in [0.15, 0.2) is 0 Å². The van der Waals surface area contributed by atoms with E-state index in [1.807, 2.05) is 30.3 Å². The summed E-state index contributed by atoms with van der Waals surface area (Å²) in [6.07, 6.45) is 5.80. The van der Waals surface area contributed by atoms with Crippen LogP contribution in [0, 0.1) is 6.92 Å². The Kier molecular flexibility index (Phi) is 6.40. The fraction of sp³-hybridized carbons (Fsp3) is 0.238. The number of aromatic nitrogens is 2. The van der Waals surface area contributed by atoms with Gasteiger partial charge < -0.3 is 10.6 Å². The molecule has 162 valence electrons. The summed E-state index contributed by atoms with van der Waals surface area (Å²) in [4.78, 5) is 9.89. The fourth-order valence-electron chi connectivity index (χ4n) is 2.91. The van der Waals surface area contributed by atoms with Crippen molar-refractivity contribution in [2.45, 2.75) is 35.6 Å². The van der Waals surface area contributed by atoms with Crippen LogP contribution >= 0.6 is 15.9 Å². The van der Waals surface area contributed by atoms with Crippen LogP contribution in [-0.4, -0.2) is 30.7 Å². The molecule has 0 radical (unpaired) electrons. The van der Waals surface area contributed by atoms with E-state index in [-0.39, 0.29) is 4.90 Å². The Hall–Kier alpha value is -2.30. The predicted octanol–water partition coefficient (Wildman–Crippen LogP) is 5.04. The summed E-state index contributed by atoms with van der Waals surface area (Å²) in [6.45, 7) is 1.77. The molecule has 0 aliphatic heterocycles. The number of anilines is 3. The molecule has 1 aliphatic carbocycles. The van der Waals surface area contributed by atoms with Crippen LogP contribution in [-0.2, 0) is 20.7 Å². The summed E-state index contributed by atoms with van der Waals surface area (Å²) in [6, 6.07) is 14.8. The molecule has 1 aromatic heterocycles. The molecule has 1 unspecified atom stereocenters. The monoisotopic (exact) mass is 519 g/mol. The van der Waals surface area contributed by atoms with Gasteiger partial charge >= 0.3 is 0 Å².